The molecule has 0 saturated carbocycles. The second-order valence-electron chi connectivity index (χ2n) is 22.7. The number of rotatable bonds is 58. The molecule has 0 aromatic carbocycles. The maximum Gasteiger partial charge on any atom is 0.222 e. The second kappa shape index (κ2) is 52.8. The lowest BCUT2D eigenvalue weighted by Crippen LogP contribution is -2.59. The van der Waals surface area contributed by atoms with Gasteiger partial charge in [-0.25, -0.2) is 0 Å². The van der Waals surface area contributed by atoms with Crippen molar-refractivity contribution in [2.75, 3.05) is 218 Å². The van der Waals surface area contributed by atoms with E-state index in [-0.39, 0.29) is 222 Å². The van der Waals surface area contributed by atoms with Crippen LogP contribution in [0.25, 0.3) is 0 Å². The van der Waals surface area contributed by atoms with E-state index in [2.05, 4.69) is 21.3 Å². The molecule has 0 aromatic rings. The fraction of sp³-hybridized carbons (Fsp3) is 0.933. The molecule has 35 heteroatoms. The van der Waals surface area contributed by atoms with E-state index in [1.807, 2.05) is 0 Å². The highest BCUT2D eigenvalue weighted by atomic mass is 16.7. The number of aliphatic hydroxyl groups excluding tert-OH is 9. The Balaban J connectivity index is 1.46. The summed E-state index contributed by atoms with van der Waals surface area (Å²) in [6.45, 7) is 7.25. The molecule has 3 aliphatic heterocycles. The van der Waals surface area contributed by atoms with Gasteiger partial charge in [0.25, 0.3) is 0 Å². The zero-order valence-electron chi connectivity index (χ0n) is 55.6. The minimum absolute atomic E-state index is 0.0359. The number of aliphatic hydroxyl groups is 9. The van der Waals surface area contributed by atoms with E-state index in [0.29, 0.717) is 13.2 Å². The zero-order valence-corrected chi connectivity index (χ0v) is 55.6. The summed E-state index contributed by atoms with van der Waals surface area (Å²) >= 11 is 0. The Morgan fingerprint density at radius 3 is 0.884 bits per heavy atom. The molecule has 0 bridgehead atoms. The van der Waals surface area contributed by atoms with Gasteiger partial charge in [-0.1, -0.05) is 20.8 Å². The quantitative estimate of drug-likeness (QED) is 0.0252. The maximum atomic E-state index is 13.6. The van der Waals surface area contributed by atoms with E-state index >= 15 is 0 Å². The molecule has 3 aliphatic rings. The summed E-state index contributed by atoms with van der Waals surface area (Å²) in [5, 5.41) is 100. The van der Waals surface area contributed by atoms with E-state index in [9.17, 15) is 65.1 Å². The van der Waals surface area contributed by atoms with Crippen LogP contribution in [0.15, 0.2) is 0 Å². The van der Waals surface area contributed by atoms with Crippen LogP contribution in [0.2, 0.25) is 0 Å². The van der Waals surface area contributed by atoms with Crippen molar-refractivity contribution < 1.29 is 150 Å². The van der Waals surface area contributed by atoms with Crippen LogP contribution in [0.4, 0.5) is 0 Å². The molecule has 0 aromatic heterocycles. The Morgan fingerprint density at radius 1 is 0.337 bits per heavy atom. The van der Waals surface area contributed by atoms with Crippen LogP contribution in [-0.4, -0.2) is 367 Å². The minimum Gasteiger partial charge on any atom is -0.394 e. The van der Waals surface area contributed by atoms with Crippen LogP contribution < -0.4 is 21.3 Å². The van der Waals surface area contributed by atoms with Crippen molar-refractivity contribution in [2.45, 2.75) is 126 Å². The number of hydrogen-bond acceptors (Lipinski definition) is 31. The molecule has 13 N–H and O–H groups in total. The van der Waals surface area contributed by atoms with Gasteiger partial charge in [-0.3, -0.25) is 19.2 Å². The molecule has 35 nitrogen and oxygen atoms in total. The lowest BCUT2D eigenvalue weighted by atomic mass is 9.92. The first kappa shape index (κ1) is 86.0. The molecule has 0 aliphatic carbocycles. The van der Waals surface area contributed by atoms with Gasteiger partial charge in [0.2, 0.25) is 23.6 Å². The first-order chi connectivity index (χ1) is 45.9. The summed E-state index contributed by atoms with van der Waals surface area (Å²) in [4.78, 5) is 52.2. The first-order valence-electron chi connectivity index (χ1n) is 32.6. The van der Waals surface area contributed by atoms with Gasteiger partial charge in [-0.15, -0.1) is 0 Å². The van der Waals surface area contributed by atoms with E-state index in [4.69, 9.17) is 85.3 Å². The molecule has 0 spiro atoms. The highest BCUT2D eigenvalue weighted by Crippen LogP contribution is 2.29. The van der Waals surface area contributed by atoms with E-state index in [1.54, 1.807) is 27.9 Å². The van der Waals surface area contributed by atoms with Gasteiger partial charge >= 0.3 is 0 Å². The predicted molar refractivity (Wildman–Crippen MR) is 328 cm³/mol. The third-order valence-electron chi connectivity index (χ3n) is 15.2. The highest BCUT2D eigenvalue weighted by Gasteiger charge is 2.45. The molecular weight excluding hydrogens is 1270 g/mol. The number of carbonyl (C=O) groups is 4. The molecule has 4 amide bonds. The molecule has 3 heterocycles. The summed E-state index contributed by atoms with van der Waals surface area (Å²) in [7, 11) is 1.56. The van der Waals surface area contributed by atoms with Crippen LogP contribution in [-0.2, 0) is 104 Å². The Morgan fingerprint density at radius 2 is 0.589 bits per heavy atom. The Hall–Kier alpha value is -3.20. The van der Waals surface area contributed by atoms with E-state index < -0.39 is 123 Å². The lowest BCUT2D eigenvalue weighted by Gasteiger charge is -2.40. The molecular formula is C60H112N4O31. The summed E-state index contributed by atoms with van der Waals surface area (Å²) < 4.78 is 101. The van der Waals surface area contributed by atoms with Gasteiger partial charge in [-0.05, 0) is 0 Å². The number of amides is 4. The van der Waals surface area contributed by atoms with Crippen molar-refractivity contribution >= 4 is 23.6 Å². The largest absolute Gasteiger partial charge is 0.394 e. The number of nitrogens with one attached hydrogen (secondary N) is 4. The average molecular weight is 1390 g/mol. The lowest BCUT2D eigenvalue weighted by molar-refractivity contribution is -0.284. The molecule has 3 rings (SSSR count). The van der Waals surface area contributed by atoms with E-state index in [1.165, 1.54) is 0 Å². The third kappa shape index (κ3) is 36.1. The summed E-state index contributed by atoms with van der Waals surface area (Å²) in [5.41, 5.74) is -1.40. The van der Waals surface area contributed by atoms with Crippen molar-refractivity contribution in [1.29, 1.82) is 0 Å². The standard InChI is InChI=1S/C60H112N4O31/c1-41-51(72)54(75)44(35-65)93-57(41)90-32-29-84-26-22-80-16-9-61-47(68)5-13-87-38-60(64-50(71)8-12-79-21-25-83-20-19-78-4,39-88-14-6-48(69)62-10-17-81-23-27-85-30-33-91-58-42(2)52(73)55(76)45(36-66)94-58)40-89-15-7-49(70)63-11-18-82-24-28-86-31-34-92-59-43(3)53(74)56(77)46(37-67)95-59/h41-46,51-59,65-67,72-77H,5-40H2,1-4H3,(H,61,68)(H,62,69)(H,63,70)(H,64,71). The molecule has 15 unspecified atom stereocenters. The molecule has 0 radical (unpaired) electrons. The number of hydrogen-bond donors (Lipinski definition) is 13. The monoisotopic (exact) mass is 1380 g/mol. The topological polar surface area (TPSA) is 465 Å². The van der Waals surface area contributed by atoms with Gasteiger partial charge in [0.1, 0.15) is 42.2 Å². The van der Waals surface area contributed by atoms with Crippen LogP contribution >= 0.6 is 0 Å². The average Bonchev–Trinajstić information content (AvgIpc) is 0.863. The summed E-state index contributed by atoms with van der Waals surface area (Å²) in [5.74, 6) is -3.10. The predicted octanol–water partition coefficient (Wildman–Crippen LogP) is -6.15. The first-order valence-corrected chi connectivity index (χ1v) is 32.6. The SMILES string of the molecule is COCCOCCOCCC(=O)NC(COCCC(=O)NCCOCCOCCOC1OC(CO)C(O)C(O)C1C)(COCCC(=O)NCCOCCOCCOC1OC(CO)C(O)C(O)C1C)COCCC(=O)NCCOCCOCCOC1OC(CO)C(O)C(O)C1C. The Bertz CT molecular complexity index is 1780. The third-order valence-corrected chi connectivity index (χ3v) is 15.2. The van der Waals surface area contributed by atoms with Crippen LogP contribution in [0.3, 0.4) is 0 Å². The fourth-order valence-electron chi connectivity index (χ4n) is 9.44. The second-order valence-corrected chi connectivity index (χ2v) is 22.7. The molecule has 3 saturated heterocycles. The van der Waals surface area contributed by atoms with Crippen LogP contribution in [0.5, 0.6) is 0 Å². The van der Waals surface area contributed by atoms with Crippen molar-refractivity contribution in [3.05, 3.63) is 0 Å². The van der Waals surface area contributed by atoms with Gasteiger partial charge < -0.3 is 152 Å². The minimum atomic E-state index is -1.40. The molecule has 15 atom stereocenters. The van der Waals surface area contributed by atoms with Crippen LogP contribution in [0.1, 0.15) is 46.5 Å². The van der Waals surface area contributed by atoms with Crippen molar-refractivity contribution in [3.8, 4) is 0 Å². The molecule has 95 heavy (non-hydrogen) atoms. The maximum absolute atomic E-state index is 13.6. The van der Waals surface area contributed by atoms with Crippen molar-refractivity contribution in [1.82, 2.24) is 21.3 Å². The Labute approximate surface area is 555 Å². The highest BCUT2D eigenvalue weighted by molar-refractivity contribution is 5.77. The van der Waals surface area contributed by atoms with Gasteiger partial charge in [0, 0.05) is 70.2 Å². The van der Waals surface area contributed by atoms with Gasteiger partial charge in [-0.2, -0.15) is 0 Å². The Kier molecular flexibility index (Phi) is 47.8. The molecule has 3 fully saturated rings. The van der Waals surface area contributed by atoms with Gasteiger partial charge in [0.05, 0.1) is 210 Å². The van der Waals surface area contributed by atoms with E-state index in [0.717, 1.165) is 0 Å². The number of ether oxygens (including phenoxy) is 18. The fourth-order valence-corrected chi connectivity index (χ4v) is 9.44. The van der Waals surface area contributed by atoms with Gasteiger partial charge in [0.15, 0.2) is 18.9 Å². The normalized spacial score (nSPS) is 26.9. The number of methoxy groups -OCH3 is 1. The summed E-state index contributed by atoms with van der Waals surface area (Å²) in [6.07, 6.45) is -12.8. The summed E-state index contributed by atoms with van der Waals surface area (Å²) in [6, 6.07) is 0. The van der Waals surface area contributed by atoms with Crippen LogP contribution in [0, 0.1) is 17.8 Å². The molecule has 558 valence electrons. The van der Waals surface area contributed by atoms with Crippen molar-refractivity contribution in [2.24, 2.45) is 17.8 Å². The smallest absolute Gasteiger partial charge is 0.222 e. The van der Waals surface area contributed by atoms with Crippen molar-refractivity contribution in [3.63, 3.8) is 0 Å². The zero-order chi connectivity index (χ0) is 69.5. The number of carbonyl (C=O) groups excluding carboxylic acids is 4.